The number of aliphatic imine (C=N–C) groups is 1. The maximum absolute atomic E-state index is 9.30. The zero-order valence-electron chi connectivity index (χ0n) is 10.9. The largest absolute Gasteiger partial charge is 0.395 e. The van der Waals surface area contributed by atoms with Gasteiger partial charge in [-0.05, 0) is 30.0 Å². The Morgan fingerprint density at radius 2 is 2.00 bits per heavy atom. The lowest BCUT2D eigenvalue weighted by atomic mass is 10.3. The number of hydrogen-bond donors (Lipinski definition) is 1. The van der Waals surface area contributed by atoms with Gasteiger partial charge in [0.2, 0.25) is 0 Å². The predicted molar refractivity (Wildman–Crippen MR) is 82.1 cm³/mol. The number of thioether (sulfide) groups is 1. The highest BCUT2D eigenvalue weighted by Gasteiger charge is 2.20. The van der Waals surface area contributed by atoms with Crippen molar-refractivity contribution in [1.82, 2.24) is 4.98 Å². The standard InChI is InChI=1S/C15H15N3OS/c19-10-9-18(13-6-2-1-3-7-13)15-17-11-12-5-4-8-16-14(12)20-15/h1-8,19H,9-11H2. The molecule has 20 heavy (non-hydrogen) atoms. The van der Waals surface area contributed by atoms with Crippen molar-refractivity contribution >= 4 is 22.6 Å². The molecule has 102 valence electrons. The Balaban J connectivity index is 1.89. The molecule has 1 aliphatic heterocycles. The number of nitrogens with zero attached hydrogens (tertiary/aromatic N) is 3. The van der Waals surface area contributed by atoms with E-state index in [2.05, 4.69) is 16.0 Å². The Hall–Kier alpha value is -1.85. The summed E-state index contributed by atoms with van der Waals surface area (Å²) < 4.78 is 0. The van der Waals surface area contributed by atoms with Crippen molar-refractivity contribution in [1.29, 1.82) is 0 Å². The summed E-state index contributed by atoms with van der Waals surface area (Å²) in [6, 6.07) is 14.0. The second-order valence-corrected chi connectivity index (χ2v) is 5.34. The zero-order chi connectivity index (χ0) is 13.8. The van der Waals surface area contributed by atoms with Crippen LogP contribution in [0.3, 0.4) is 0 Å². The van der Waals surface area contributed by atoms with Crippen LogP contribution in [0.5, 0.6) is 0 Å². The third kappa shape index (κ3) is 2.69. The Morgan fingerprint density at radius 3 is 2.80 bits per heavy atom. The molecule has 0 saturated carbocycles. The molecule has 1 N–H and O–H groups in total. The number of benzene rings is 1. The van der Waals surface area contributed by atoms with E-state index in [1.807, 2.05) is 41.3 Å². The normalized spacial score (nSPS) is 13.6. The first-order valence-electron chi connectivity index (χ1n) is 6.48. The van der Waals surface area contributed by atoms with Crippen LogP contribution in [0.1, 0.15) is 5.56 Å². The summed E-state index contributed by atoms with van der Waals surface area (Å²) in [6.45, 7) is 1.25. The first kappa shape index (κ1) is 13.1. The lowest BCUT2D eigenvalue weighted by molar-refractivity contribution is 0.306. The molecule has 0 unspecified atom stereocenters. The number of aliphatic hydroxyl groups is 1. The van der Waals surface area contributed by atoms with Gasteiger partial charge in [-0.15, -0.1) is 0 Å². The van der Waals surface area contributed by atoms with Gasteiger partial charge in [0.1, 0.15) is 5.03 Å². The highest BCUT2D eigenvalue weighted by molar-refractivity contribution is 8.14. The minimum atomic E-state index is 0.0869. The molecule has 3 rings (SSSR count). The van der Waals surface area contributed by atoms with Crippen molar-refractivity contribution in [3.63, 3.8) is 0 Å². The topological polar surface area (TPSA) is 48.7 Å². The Morgan fingerprint density at radius 1 is 1.15 bits per heavy atom. The maximum Gasteiger partial charge on any atom is 0.170 e. The number of hydrogen-bond acceptors (Lipinski definition) is 5. The van der Waals surface area contributed by atoms with Crippen LogP contribution >= 0.6 is 11.8 Å². The minimum Gasteiger partial charge on any atom is -0.395 e. The van der Waals surface area contributed by atoms with Crippen molar-refractivity contribution in [2.75, 3.05) is 18.1 Å². The SMILES string of the molecule is OCCN(C1=NCc2cccnc2S1)c1ccccc1. The van der Waals surface area contributed by atoms with Crippen LogP contribution in [0.25, 0.3) is 0 Å². The van der Waals surface area contributed by atoms with Gasteiger partial charge in [-0.25, -0.2) is 4.98 Å². The van der Waals surface area contributed by atoms with E-state index in [0.29, 0.717) is 13.1 Å². The fourth-order valence-corrected chi connectivity index (χ4v) is 3.08. The molecule has 0 radical (unpaired) electrons. The number of para-hydroxylation sites is 1. The average Bonchev–Trinajstić information content (AvgIpc) is 2.53. The quantitative estimate of drug-likeness (QED) is 0.941. The van der Waals surface area contributed by atoms with Gasteiger partial charge < -0.3 is 10.0 Å². The molecule has 0 fully saturated rings. The summed E-state index contributed by atoms with van der Waals surface area (Å²) in [5.41, 5.74) is 2.19. The third-order valence-corrected chi connectivity index (χ3v) is 4.14. The van der Waals surface area contributed by atoms with E-state index in [1.54, 1.807) is 18.0 Å². The van der Waals surface area contributed by atoms with E-state index in [4.69, 9.17) is 0 Å². The summed E-state index contributed by atoms with van der Waals surface area (Å²) in [6.07, 6.45) is 1.80. The molecular formula is C15H15N3OS. The van der Waals surface area contributed by atoms with Crippen molar-refractivity contribution in [2.45, 2.75) is 11.6 Å². The second kappa shape index (κ2) is 6.07. The Kier molecular flexibility index (Phi) is 3.99. The van der Waals surface area contributed by atoms with Gasteiger partial charge in [-0.2, -0.15) is 0 Å². The van der Waals surface area contributed by atoms with Crippen molar-refractivity contribution in [2.24, 2.45) is 4.99 Å². The van der Waals surface area contributed by atoms with E-state index in [0.717, 1.165) is 21.4 Å². The van der Waals surface area contributed by atoms with Crippen molar-refractivity contribution in [3.05, 3.63) is 54.2 Å². The van der Waals surface area contributed by atoms with Crippen molar-refractivity contribution < 1.29 is 5.11 Å². The number of aromatic nitrogens is 1. The van der Waals surface area contributed by atoms with Crippen LogP contribution in [0.2, 0.25) is 0 Å². The summed E-state index contributed by atoms with van der Waals surface area (Å²) in [7, 11) is 0. The number of amidine groups is 1. The first-order valence-corrected chi connectivity index (χ1v) is 7.30. The molecule has 0 spiro atoms. The van der Waals surface area contributed by atoms with Crippen molar-refractivity contribution in [3.8, 4) is 0 Å². The molecule has 1 aromatic carbocycles. The predicted octanol–water partition coefficient (Wildman–Crippen LogP) is 2.54. The van der Waals surface area contributed by atoms with Gasteiger partial charge in [-0.3, -0.25) is 4.99 Å². The molecule has 0 aliphatic carbocycles. The van der Waals surface area contributed by atoms with E-state index in [-0.39, 0.29) is 6.61 Å². The average molecular weight is 285 g/mol. The van der Waals surface area contributed by atoms with E-state index < -0.39 is 0 Å². The Bertz CT molecular complexity index is 616. The maximum atomic E-state index is 9.30. The van der Waals surface area contributed by atoms with Crippen LogP contribution in [0.4, 0.5) is 5.69 Å². The van der Waals surface area contributed by atoms with Gasteiger partial charge in [0.25, 0.3) is 0 Å². The van der Waals surface area contributed by atoms with Crippen LogP contribution < -0.4 is 4.90 Å². The molecule has 4 nitrogen and oxygen atoms in total. The third-order valence-electron chi connectivity index (χ3n) is 3.04. The Labute approximate surface area is 122 Å². The fourth-order valence-electron chi connectivity index (χ4n) is 2.09. The van der Waals surface area contributed by atoms with Crippen LogP contribution in [-0.4, -0.2) is 28.4 Å². The van der Waals surface area contributed by atoms with Crippen LogP contribution in [-0.2, 0) is 6.54 Å². The van der Waals surface area contributed by atoms with Gasteiger partial charge in [0, 0.05) is 24.0 Å². The molecule has 2 heterocycles. The summed E-state index contributed by atoms with van der Waals surface area (Å²) in [4.78, 5) is 11.0. The minimum absolute atomic E-state index is 0.0869. The molecule has 0 amide bonds. The molecule has 0 bridgehead atoms. The smallest absolute Gasteiger partial charge is 0.170 e. The highest BCUT2D eigenvalue weighted by atomic mass is 32.2. The van der Waals surface area contributed by atoms with Gasteiger partial charge in [-0.1, -0.05) is 24.3 Å². The lowest BCUT2D eigenvalue weighted by Gasteiger charge is -2.27. The van der Waals surface area contributed by atoms with E-state index in [9.17, 15) is 5.11 Å². The summed E-state index contributed by atoms with van der Waals surface area (Å²) in [5, 5.41) is 11.2. The number of anilines is 1. The van der Waals surface area contributed by atoms with Gasteiger partial charge in [0.15, 0.2) is 5.17 Å². The highest BCUT2D eigenvalue weighted by Crippen LogP contribution is 2.30. The van der Waals surface area contributed by atoms with Crippen LogP contribution in [0, 0.1) is 0 Å². The zero-order valence-corrected chi connectivity index (χ0v) is 11.8. The summed E-state index contributed by atoms with van der Waals surface area (Å²) >= 11 is 1.55. The molecule has 0 saturated heterocycles. The molecule has 1 aliphatic rings. The summed E-state index contributed by atoms with van der Waals surface area (Å²) in [5.74, 6) is 0. The van der Waals surface area contributed by atoms with Crippen LogP contribution in [0.15, 0.2) is 58.7 Å². The fraction of sp³-hybridized carbons (Fsp3) is 0.200. The lowest BCUT2D eigenvalue weighted by Crippen LogP contribution is -2.32. The molecular weight excluding hydrogens is 270 g/mol. The molecule has 2 aromatic rings. The molecule has 0 atom stereocenters. The number of aliphatic hydroxyl groups excluding tert-OH is 1. The number of rotatable bonds is 3. The van der Waals surface area contributed by atoms with E-state index >= 15 is 0 Å². The number of pyridine rings is 1. The molecule has 1 aromatic heterocycles. The molecule has 5 heteroatoms. The van der Waals surface area contributed by atoms with E-state index in [1.165, 1.54) is 0 Å². The second-order valence-electron chi connectivity index (χ2n) is 4.38. The number of fused-ring (bicyclic) bond motifs is 1. The monoisotopic (exact) mass is 285 g/mol. The first-order chi connectivity index (χ1) is 9.88. The van der Waals surface area contributed by atoms with Gasteiger partial charge in [0.05, 0.1) is 13.2 Å². The van der Waals surface area contributed by atoms with Gasteiger partial charge >= 0.3 is 0 Å².